The Bertz CT molecular complexity index is 524. The lowest BCUT2D eigenvalue weighted by Gasteiger charge is -2.17. The Morgan fingerprint density at radius 3 is 2.68 bits per heavy atom. The van der Waals surface area contributed by atoms with Crippen LogP contribution >= 0.6 is 0 Å². The minimum atomic E-state index is -2.98. The van der Waals surface area contributed by atoms with E-state index in [2.05, 4.69) is 20.4 Å². The summed E-state index contributed by atoms with van der Waals surface area (Å²) in [6.45, 7) is -2.94. The summed E-state index contributed by atoms with van der Waals surface area (Å²) in [5, 5.41) is 5.00. The van der Waals surface area contributed by atoms with Gasteiger partial charge in [-0.3, -0.25) is 0 Å². The zero-order chi connectivity index (χ0) is 16.2. The Labute approximate surface area is 124 Å². The van der Waals surface area contributed by atoms with Crippen LogP contribution in [-0.4, -0.2) is 29.6 Å². The predicted octanol–water partition coefficient (Wildman–Crippen LogP) is 2.67. The zero-order valence-electron chi connectivity index (χ0n) is 11.5. The number of nitrogens with one attached hydrogen (secondary N) is 2. The monoisotopic (exact) mass is 321 g/mol. The molecule has 1 aromatic heterocycles. The molecule has 0 bridgehead atoms. The third-order valence-electron chi connectivity index (χ3n) is 3.24. The van der Waals surface area contributed by atoms with Crippen molar-refractivity contribution in [1.82, 2.24) is 15.6 Å². The number of amides is 2. The molecule has 2 amide bonds. The molecule has 1 saturated carbocycles. The number of halogens is 4. The molecule has 1 aliphatic carbocycles. The van der Waals surface area contributed by atoms with Gasteiger partial charge in [0.25, 0.3) is 0 Å². The Balaban J connectivity index is 1.81. The summed E-state index contributed by atoms with van der Waals surface area (Å²) in [6.07, 6.45) is -0.538. The van der Waals surface area contributed by atoms with Crippen molar-refractivity contribution < 1.29 is 27.1 Å². The smallest absolute Gasteiger partial charge is 0.388 e. The fourth-order valence-electron chi connectivity index (χ4n) is 2.01. The summed E-state index contributed by atoms with van der Waals surface area (Å²) in [5.74, 6) is -0.258. The number of carbonyl (C=O) groups is 1. The lowest BCUT2D eigenvalue weighted by atomic mass is 10.2. The number of carbonyl (C=O) groups excluding carboxylic acids is 1. The van der Waals surface area contributed by atoms with Crippen molar-refractivity contribution in [2.24, 2.45) is 0 Å². The highest BCUT2D eigenvalue weighted by atomic mass is 19.3. The number of hydrogen-bond donors (Lipinski definition) is 2. The van der Waals surface area contributed by atoms with Gasteiger partial charge in [0, 0.05) is 30.8 Å². The van der Waals surface area contributed by atoms with Gasteiger partial charge >= 0.3 is 12.6 Å². The molecular weight excluding hydrogens is 306 g/mol. The highest BCUT2D eigenvalue weighted by molar-refractivity contribution is 5.75. The second kappa shape index (κ2) is 6.80. The van der Waals surface area contributed by atoms with E-state index in [1.54, 1.807) is 0 Å². The Morgan fingerprint density at radius 1 is 1.36 bits per heavy atom. The van der Waals surface area contributed by atoms with Gasteiger partial charge in [0.05, 0.1) is 0 Å². The first-order chi connectivity index (χ1) is 10.4. The van der Waals surface area contributed by atoms with Crippen LogP contribution in [0.15, 0.2) is 18.3 Å². The fourth-order valence-corrected chi connectivity index (χ4v) is 2.01. The third-order valence-corrected chi connectivity index (χ3v) is 3.24. The second-order valence-electron chi connectivity index (χ2n) is 5.06. The Hall–Kier alpha value is -2.06. The van der Waals surface area contributed by atoms with E-state index < -0.39 is 24.6 Å². The summed E-state index contributed by atoms with van der Waals surface area (Å²) in [4.78, 5) is 15.3. The quantitative estimate of drug-likeness (QED) is 0.759. The molecule has 1 fully saturated rings. The van der Waals surface area contributed by atoms with Crippen LogP contribution in [0.5, 0.6) is 5.88 Å². The van der Waals surface area contributed by atoms with E-state index in [0.717, 1.165) is 0 Å². The topological polar surface area (TPSA) is 63.2 Å². The van der Waals surface area contributed by atoms with Crippen molar-refractivity contribution in [3.63, 3.8) is 0 Å². The number of ether oxygens (including phenoxy) is 1. The average molecular weight is 321 g/mol. The SMILES string of the molecule is O=C(NCc1ccnc(OC(F)F)c1)NC1(CC(F)F)CC1. The van der Waals surface area contributed by atoms with Crippen LogP contribution in [0.3, 0.4) is 0 Å². The molecule has 0 unspecified atom stereocenters. The average Bonchev–Trinajstić information content (AvgIpc) is 3.14. The number of nitrogens with zero attached hydrogens (tertiary/aromatic N) is 1. The zero-order valence-corrected chi connectivity index (χ0v) is 11.5. The van der Waals surface area contributed by atoms with Crippen molar-refractivity contribution in [2.75, 3.05) is 0 Å². The van der Waals surface area contributed by atoms with Gasteiger partial charge in [0.2, 0.25) is 12.3 Å². The minimum Gasteiger partial charge on any atom is -0.417 e. The van der Waals surface area contributed by atoms with Gasteiger partial charge in [-0.25, -0.2) is 18.6 Å². The van der Waals surface area contributed by atoms with E-state index in [0.29, 0.717) is 18.4 Å². The summed E-state index contributed by atoms with van der Waals surface area (Å²) < 4.78 is 53.0. The molecule has 1 heterocycles. The molecule has 2 N–H and O–H groups in total. The van der Waals surface area contributed by atoms with Gasteiger partial charge in [-0.15, -0.1) is 0 Å². The molecule has 0 aromatic carbocycles. The second-order valence-corrected chi connectivity index (χ2v) is 5.06. The van der Waals surface area contributed by atoms with Crippen molar-refractivity contribution in [3.05, 3.63) is 23.9 Å². The molecule has 9 heteroatoms. The van der Waals surface area contributed by atoms with E-state index in [4.69, 9.17) is 0 Å². The highest BCUT2D eigenvalue weighted by Crippen LogP contribution is 2.40. The molecule has 122 valence electrons. The molecule has 0 spiro atoms. The maximum Gasteiger partial charge on any atom is 0.388 e. The largest absolute Gasteiger partial charge is 0.417 e. The van der Waals surface area contributed by atoms with E-state index >= 15 is 0 Å². The normalized spacial score (nSPS) is 15.7. The molecule has 0 radical (unpaired) electrons. The number of alkyl halides is 4. The predicted molar refractivity (Wildman–Crippen MR) is 68.8 cm³/mol. The number of aromatic nitrogens is 1. The molecule has 1 aliphatic rings. The molecule has 22 heavy (non-hydrogen) atoms. The van der Waals surface area contributed by atoms with Gasteiger partial charge in [-0.05, 0) is 24.5 Å². The van der Waals surface area contributed by atoms with Crippen LogP contribution in [-0.2, 0) is 6.54 Å². The first-order valence-corrected chi connectivity index (χ1v) is 6.62. The summed E-state index contributed by atoms with van der Waals surface area (Å²) in [5.41, 5.74) is -0.319. The van der Waals surface area contributed by atoms with Crippen molar-refractivity contribution >= 4 is 6.03 Å². The van der Waals surface area contributed by atoms with Gasteiger partial charge in [-0.1, -0.05) is 0 Å². The van der Waals surface area contributed by atoms with Gasteiger partial charge < -0.3 is 15.4 Å². The van der Waals surface area contributed by atoms with Crippen LogP contribution in [0.1, 0.15) is 24.8 Å². The van der Waals surface area contributed by atoms with Crippen LogP contribution in [0.4, 0.5) is 22.4 Å². The van der Waals surface area contributed by atoms with Crippen LogP contribution in [0.25, 0.3) is 0 Å². The van der Waals surface area contributed by atoms with E-state index in [1.165, 1.54) is 18.3 Å². The molecule has 0 saturated heterocycles. The van der Waals surface area contributed by atoms with Crippen molar-refractivity contribution in [1.29, 1.82) is 0 Å². The standard InChI is InChI=1S/C13H15F4N3O2/c14-9(15)6-13(2-3-13)20-12(21)19-7-8-1-4-18-10(5-8)22-11(16)17/h1,4-5,9,11H,2-3,6-7H2,(H2,19,20,21). The highest BCUT2D eigenvalue weighted by Gasteiger charge is 2.46. The maximum absolute atomic E-state index is 12.4. The number of urea groups is 1. The van der Waals surface area contributed by atoms with Gasteiger partial charge in [-0.2, -0.15) is 8.78 Å². The van der Waals surface area contributed by atoms with Crippen molar-refractivity contribution in [3.8, 4) is 5.88 Å². The van der Waals surface area contributed by atoms with Crippen LogP contribution < -0.4 is 15.4 Å². The lowest BCUT2D eigenvalue weighted by Crippen LogP contribution is -2.44. The summed E-state index contributed by atoms with van der Waals surface area (Å²) in [7, 11) is 0. The van der Waals surface area contributed by atoms with Gasteiger partial charge in [0.15, 0.2) is 0 Å². The van der Waals surface area contributed by atoms with Crippen LogP contribution in [0.2, 0.25) is 0 Å². The first kappa shape index (κ1) is 16.3. The summed E-state index contributed by atoms with van der Waals surface area (Å²) >= 11 is 0. The van der Waals surface area contributed by atoms with Crippen molar-refractivity contribution in [2.45, 2.75) is 44.4 Å². The fraction of sp³-hybridized carbons (Fsp3) is 0.538. The number of pyridine rings is 1. The molecule has 1 aromatic rings. The van der Waals surface area contributed by atoms with Gasteiger partial charge in [0.1, 0.15) is 0 Å². The molecule has 0 atom stereocenters. The maximum atomic E-state index is 12.4. The minimum absolute atomic E-state index is 0.0404. The molecule has 2 rings (SSSR count). The first-order valence-electron chi connectivity index (χ1n) is 6.62. The van der Waals surface area contributed by atoms with Crippen LogP contribution in [0, 0.1) is 0 Å². The number of hydrogen-bond acceptors (Lipinski definition) is 3. The lowest BCUT2D eigenvalue weighted by molar-refractivity contribution is -0.0529. The Morgan fingerprint density at radius 2 is 2.09 bits per heavy atom. The number of rotatable bonds is 7. The Kier molecular flexibility index (Phi) is 5.04. The van der Waals surface area contributed by atoms with E-state index in [1.807, 2.05) is 0 Å². The van der Waals surface area contributed by atoms with E-state index in [9.17, 15) is 22.4 Å². The summed E-state index contributed by atoms with van der Waals surface area (Å²) in [6, 6.07) is 2.20. The third kappa shape index (κ3) is 5.05. The molecule has 5 nitrogen and oxygen atoms in total. The molecule has 0 aliphatic heterocycles. The van der Waals surface area contributed by atoms with E-state index in [-0.39, 0.29) is 18.8 Å². The molecular formula is C13H15F4N3O2.